The number of hydrogen-bond donors (Lipinski definition) is 0. The van der Waals surface area contributed by atoms with Gasteiger partial charge in [0.15, 0.2) is 0 Å². The lowest BCUT2D eigenvalue weighted by Gasteiger charge is -2.18. The number of nitrogens with zero attached hydrogens (tertiary/aromatic N) is 1. The molecule has 6 heteroatoms. The minimum absolute atomic E-state index is 0.0162. The fourth-order valence-electron chi connectivity index (χ4n) is 2.92. The molecule has 3 rings (SSSR count). The van der Waals surface area contributed by atoms with Crippen LogP contribution in [0.1, 0.15) is 28.4 Å². The van der Waals surface area contributed by atoms with Gasteiger partial charge in [0, 0.05) is 35.1 Å². The van der Waals surface area contributed by atoms with Crippen LogP contribution >= 0.6 is 11.8 Å². The van der Waals surface area contributed by atoms with E-state index in [0.717, 1.165) is 11.1 Å². The Kier molecular flexibility index (Phi) is 6.16. The second-order valence-electron chi connectivity index (χ2n) is 6.33. The molecular formula is C20H22FNO2S2. The highest BCUT2D eigenvalue weighted by Gasteiger charge is 2.26. The number of hydrogen-bond acceptors (Lipinski definition) is 3. The van der Waals surface area contributed by atoms with Gasteiger partial charge in [0.1, 0.15) is 5.82 Å². The fraction of sp³-hybridized carbons (Fsp3) is 0.300. The molecule has 1 heterocycles. The van der Waals surface area contributed by atoms with Crippen molar-refractivity contribution in [3.8, 4) is 0 Å². The number of benzene rings is 2. The molecule has 0 aliphatic carbocycles. The minimum atomic E-state index is -3.49. The molecule has 0 N–H and O–H groups in total. The largest absolute Gasteiger partial charge is 0.236 e. The maximum absolute atomic E-state index is 14.0. The molecule has 0 aromatic heterocycles. The summed E-state index contributed by atoms with van der Waals surface area (Å²) in [7, 11) is -3.49. The molecular weight excluding hydrogens is 369 g/mol. The average Bonchev–Trinajstić information content (AvgIpc) is 2.88. The van der Waals surface area contributed by atoms with Gasteiger partial charge in [0.25, 0.3) is 0 Å². The van der Waals surface area contributed by atoms with Crippen LogP contribution in [0.5, 0.6) is 0 Å². The summed E-state index contributed by atoms with van der Waals surface area (Å²) in [4.78, 5) is 0. The smallest absolute Gasteiger partial charge is 0.208 e. The predicted octanol–water partition coefficient (Wildman–Crippen LogP) is 4.61. The van der Waals surface area contributed by atoms with Gasteiger partial charge in [-0.05, 0) is 31.1 Å². The Hall–Kier alpha value is -1.63. The van der Waals surface area contributed by atoms with Crippen molar-refractivity contribution in [3.05, 3.63) is 76.4 Å². The van der Waals surface area contributed by atoms with E-state index in [1.54, 1.807) is 30.0 Å². The van der Waals surface area contributed by atoms with Crippen molar-refractivity contribution in [2.24, 2.45) is 0 Å². The van der Waals surface area contributed by atoms with E-state index in [1.807, 2.05) is 37.3 Å². The van der Waals surface area contributed by atoms with E-state index in [4.69, 9.17) is 0 Å². The van der Waals surface area contributed by atoms with Crippen LogP contribution in [-0.4, -0.2) is 31.6 Å². The van der Waals surface area contributed by atoms with Crippen LogP contribution in [0.25, 0.3) is 6.08 Å². The van der Waals surface area contributed by atoms with Crippen molar-refractivity contribution in [2.75, 3.05) is 18.8 Å². The van der Waals surface area contributed by atoms with Gasteiger partial charge in [-0.2, -0.15) is 16.1 Å². The van der Waals surface area contributed by atoms with Crippen LogP contribution in [0.15, 0.2) is 53.9 Å². The van der Waals surface area contributed by atoms with Gasteiger partial charge in [-0.15, -0.1) is 0 Å². The van der Waals surface area contributed by atoms with E-state index in [0.29, 0.717) is 30.8 Å². The van der Waals surface area contributed by atoms with Crippen LogP contribution < -0.4 is 0 Å². The van der Waals surface area contributed by atoms with Crippen molar-refractivity contribution >= 4 is 27.9 Å². The molecule has 3 nitrogen and oxygen atoms in total. The Morgan fingerprint density at radius 1 is 1.12 bits per heavy atom. The Morgan fingerprint density at radius 3 is 2.58 bits per heavy atom. The number of aryl methyl sites for hydroxylation is 1. The zero-order valence-corrected chi connectivity index (χ0v) is 16.3. The predicted molar refractivity (Wildman–Crippen MR) is 107 cm³/mol. The molecule has 1 atom stereocenters. The molecule has 0 bridgehead atoms. The van der Waals surface area contributed by atoms with E-state index in [9.17, 15) is 12.8 Å². The normalized spacial score (nSPS) is 19.5. The Bertz CT molecular complexity index is 879. The highest BCUT2D eigenvalue weighted by molar-refractivity contribution is 7.99. The van der Waals surface area contributed by atoms with E-state index in [2.05, 4.69) is 0 Å². The number of thioether (sulfide) groups is 1. The molecule has 1 fully saturated rings. The van der Waals surface area contributed by atoms with Crippen LogP contribution in [0.3, 0.4) is 0 Å². The summed E-state index contributed by atoms with van der Waals surface area (Å²) in [5.74, 6) is 0.428. The van der Waals surface area contributed by atoms with Crippen LogP contribution in [-0.2, 0) is 10.0 Å². The molecule has 0 amide bonds. The molecule has 1 aliphatic heterocycles. The molecule has 1 unspecified atom stereocenters. The maximum Gasteiger partial charge on any atom is 0.236 e. The van der Waals surface area contributed by atoms with Crippen molar-refractivity contribution < 1.29 is 12.8 Å². The SMILES string of the molecule is Cc1ccc(/C=C/S(=O)(=O)N2CCSC(c3ccccc3F)CC2)cc1. The average molecular weight is 392 g/mol. The molecule has 1 aliphatic rings. The summed E-state index contributed by atoms with van der Waals surface area (Å²) in [5.41, 5.74) is 2.65. The number of rotatable bonds is 4. The van der Waals surface area contributed by atoms with E-state index in [-0.39, 0.29) is 11.1 Å². The molecule has 2 aromatic carbocycles. The molecule has 0 spiro atoms. The van der Waals surface area contributed by atoms with Gasteiger partial charge in [0.05, 0.1) is 0 Å². The first-order valence-electron chi connectivity index (χ1n) is 8.57. The zero-order valence-electron chi connectivity index (χ0n) is 14.6. The van der Waals surface area contributed by atoms with Gasteiger partial charge in [-0.25, -0.2) is 12.8 Å². The van der Waals surface area contributed by atoms with Gasteiger partial charge in [0.2, 0.25) is 10.0 Å². The summed E-state index contributed by atoms with van der Waals surface area (Å²) in [6.45, 7) is 2.83. The van der Waals surface area contributed by atoms with Crippen LogP contribution in [0.2, 0.25) is 0 Å². The molecule has 1 saturated heterocycles. The summed E-state index contributed by atoms with van der Waals surface area (Å²) in [6.07, 6.45) is 2.23. The first-order chi connectivity index (χ1) is 12.5. The maximum atomic E-state index is 14.0. The van der Waals surface area contributed by atoms with Crippen molar-refractivity contribution in [2.45, 2.75) is 18.6 Å². The Labute approximate surface area is 159 Å². The van der Waals surface area contributed by atoms with Gasteiger partial charge in [-0.1, -0.05) is 48.0 Å². The monoisotopic (exact) mass is 391 g/mol. The molecule has 26 heavy (non-hydrogen) atoms. The second-order valence-corrected chi connectivity index (χ2v) is 9.46. The second kappa shape index (κ2) is 8.37. The van der Waals surface area contributed by atoms with Gasteiger partial charge in [-0.3, -0.25) is 0 Å². The van der Waals surface area contributed by atoms with Crippen molar-refractivity contribution in [1.82, 2.24) is 4.31 Å². The third-order valence-corrected chi connectivity index (χ3v) is 7.30. The standard InChI is InChI=1S/C20H22FNO2S2/c1-16-6-8-17(9-7-16)11-15-26(23,24)22-12-10-20(25-14-13-22)18-4-2-3-5-19(18)21/h2-9,11,15,20H,10,12-14H2,1H3/b15-11+. The summed E-state index contributed by atoms with van der Waals surface area (Å²) < 4.78 is 40.8. The Morgan fingerprint density at radius 2 is 1.85 bits per heavy atom. The van der Waals surface area contributed by atoms with Crippen molar-refractivity contribution in [3.63, 3.8) is 0 Å². The van der Waals surface area contributed by atoms with E-state index >= 15 is 0 Å². The highest BCUT2D eigenvalue weighted by Crippen LogP contribution is 2.36. The lowest BCUT2D eigenvalue weighted by molar-refractivity contribution is 0.433. The third-order valence-electron chi connectivity index (χ3n) is 4.42. The minimum Gasteiger partial charge on any atom is -0.208 e. The first kappa shape index (κ1) is 19.1. The van der Waals surface area contributed by atoms with Crippen molar-refractivity contribution in [1.29, 1.82) is 0 Å². The molecule has 2 aromatic rings. The highest BCUT2D eigenvalue weighted by atomic mass is 32.2. The molecule has 0 radical (unpaired) electrons. The van der Waals surface area contributed by atoms with Crippen LogP contribution in [0.4, 0.5) is 4.39 Å². The lowest BCUT2D eigenvalue weighted by atomic mass is 10.1. The summed E-state index contributed by atoms with van der Waals surface area (Å²) in [5, 5.41) is 1.25. The summed E-state index contributed by atoms with van der Waals surface area (Å²) in [6, 6.07) is 14.4. The number of halogens is 1. The zero-order chi connectivity index (χ0) is 18.6. The Balaban J connectivity index is 1.69. The van der Waals surface area contributed by atoms with Gasteiger partial charge < -0.3 is 0 Å². The first-order valence-corrected chi connectivity index (χ1v) is 11.1. The number of sulfonamides is 1. The lowest BCUT2D eigenvalue weighted by Crippen LogP contribution is -2.31. The quantitative estimate of drug-likeness (QED) is 0.763. The van der Waals surface area contributed by atoms with Gasteiger partial charge >= 0.3 is 0 Å². The fourth-order valence-corrected chi connectivity index (χ4v) is 5.49. The topological polar surface area (TPSA) is 37.4 Å². The van der Waals surface area contributed by atoms with E-state index in [1.165, 1.54) is 15.8 Å². The van der Waals surface area contributed by atoms with Crippen LogP contribution in [0, 0.1) is 12.7 Å². The molecule has 0 saturated carbocycles. The third kappa shape index (κ3) is 4.75. The van der Waals surface area contributed by atoms with E-state index < -0.39 is 10.0 Å². The molecule has 138 valence electrons. The summed E-state index contributed by atoms with van der Waals surface area (Å²) >= 11 is 1.62.